The molecule has 0 radical (unpaired) electrons. The third-order valence-electron chi connectivity index (χ3n) is 2.85. The Labute approximate surface area is 112 Å². The van der Waals surface area contributed by atoms with Crippen molar-refractivity contribution in [2.24, 2.45) is 5.73 Å². The minimum Gasteiger partial charge on any atom is -0.341 e. The number of hydrogen-bond donors (Lipinski definition) is 3. The van der Waals surface area contributed by atoms with Gasteiger partial charge >= 0.3 is 0 Å². The van der Waals surface area contributed by atoms with Gasteiger partial charge in [-0.25, -0.2) is 4.98 Å². The third kappa shape index (κ3) is 3.12. The summed E-state index contributed by atoms with van der Waals surface area (Å²) >= 11 is 0. The van der Waals surface area contributed by atoms with Gasteiger partial charge in [0.1, 0.15) is 5.82 Å². The quantitative estimate of drug-likeness (QED) is 0.790. The lowest BCUT2D eigenvalue weighted by atomic mass is 9.96. The van der Waals surface area contributed by atoms with Crippen LogP contribution in [0.1, 0.15) is 33.0 Å². The van der Waals surface area contributed by atoms with Crippen molar-refractivity contribution >= 4 is 22.6 Å². The van der Waals surface area contributed by atoms with Crippen LogP contribution in [0, 0.1) is 0 Å². The molecule has 5 heteroatoms. The van der Waals surface area contributed by atoms with E-state index in [1.165, 1.54) is 0 Å². The highest BCUT2D eigenvalue weighted by molar-refractivity contribution is 5.93. The molecule has 0 saturated carbocycles. The van der Waals surface area contributed by atoms with Gasteiger partial charge in [0.05, 0.1) is 11.0 Å². The zero-order valence-corrected chi connectivity index (χ0v) is 11.6. The number of hydrogen-bond acceptors (Lipinski definition) is 3. The molecule has 1 aromatic heterocycles. The van der Waals surface area contributed by atoms with Gasteiger partial charge < -0.3 is 16.0 Å². The number of carbonyl (C=O) groups is 1. The molecular formula is C14H20N4O. The van der Waals surface area contributed by atoms with Gasteiger partial charge in [-0.2, -0.15) is 0 Å². The molecule has 19 heavy (non-hydrogen) atoms. The molecule has 0 bridgehead atoms. The van der Waals surface area contributed by atoms with Crippen LogP contribution in [0.15, 0.2) is 18.2 Å². The maximum absolute atomic E-state index is 11.5. The van der Waals surface area contributed by atoms with Gasteiger partial charge in [0, 0.05) is 24.1 Å². The molecule has 5 nitrogen and oxygen atoms in total. The van der Waals surface area contributed by atoms with Crippen LogP contribution in [0.2, 0.25) is 0 Å². The normalized spacial score (nSPS) is 11.8. The molecule has 0 fully saturated rings. The third-order valence-corrected chi connectivity index (χ3v) is 2.85. The lowest BCUT2D eigenvalue weighted by Crippen LogP contribution is -2.16. The van der Waals surface area contributed by atoms with E-state index >= 15 is 0 Å². The number of amides is 1. The molecule has 4 N–H and O–H groups in total. The molecule has 1 heterocycles. The minimum absolute atomic E-state index is 0.0258. The van der Waals surface area contributed by atoms with Gasteiger partial charge in [-0.3, -0.25) is 4.79 Å². The number of aromatic nitrogens is 2. The fourth-order valence-corrected chi connectivity index (χ4v) is 1.80. The van der Waals surface area contributed by atoms with Gasteiger partial charge in [0.2, 0.25) is 5.91 Å². The van der Waals surface area contributed by atoms with Crippen LogP contribution in [0.4, 0.5) is 5.69 Å². The Balaban J connectivity index is 2.28. The number of H-pyrrole nitrogens is 1. The van der Waals surface area contributed by atoms with Crippen LogP contribution in [-0.4, -0.2) is 22.4 Å². The highest BCUT2D eigenvalue weighted by Crippen LogP contribution is 2.24. The number of nitrogens with one attached hydrogen (secondary N) is 2. The molecule has 2 rings (SSSR count). The van der Waals surface area contributed by atoms with Gasteiger partial charge in [-0.1, -0.05) is 20.8 Å². The van der Waals surface area contributed by atoms with Crippen LogP contribution in [-0.2, 0) is 10.2 Å². The SMILES string of the molecule is CC(C)(C)c1nc2ccc(NC(=O)CCN)cc2[nH]1. The molecule has 0 saturated heterocycles. The first kappa shape index (κ1) is 13.5. The number of aromatic amines is 1. The van der Waals surface area contributed by atoms with Crippen molar-refractivity contribution in [3.05, 3.63) is 24.0 Å². The maximum atomic E-state index is 11.5. The average molecular weight is 260 g/mol. The topological polar surface area (TPSA) is 83.8 Å². The molecule has 0 spiro atoms. The second kappa shape index (κ2) is 5.01. The Hall–Kier alpha value is -1.88. The van der Waals surface area contributed by atoms with Crippen LogP contribution in [0.5, 0.6) is 0 Å². The van der Waals surface area contributed by atoms with Crippen LogP contribution in [0.25, 0.3) is 11.0 Å². The molecule has 0 atom stereocenters. The second-order valence-electron chi connectivity index (χ2n) is 5.65. The number of rotatable bonds is 3. The van der Waals surface area contributed by atoms with E-state index in [4.69, 9.17) is 5.73 Å². The highest BCUT2D eigenvalue weighted by atomic mass is 16.1. The lowest BCUT2D eigenvalue weighted by Gasteiger charge is -2.13. The van der Waals surface area contributed by atoms with E-state index in [0.29, 0.717) is 13.0 Å². The standard InChI is InChI=1S/C14H20N4O/c1-14(2,3)13-17-10-5-4-9(8-11(10)18-13)16-12(19)6-7-15/h4-5,8H,6-7,15H2,1-3H3,(H,16,19)(H,17,18). The lowest BCUT2D eigenvalue weighted by molar-refractivity contribution is -0.116. The van der Waals surface area contributed by atoms with Gasteiger partial charge in [-0.15, -0.1) is 0 Å². The number of imidazole rings is 1. The summed E-state index contributed by atoms with van der Waals surface area (Å²) in [6.45, 7) is 6.67. The Morgan fingerprint density at radius 2 is 2.16 bits per heavy atom. The average Bonchev–Trinajstić information content (AvgIpc) is 2.71. The first-order chi connectivity index (χ1) is 8.90. The van der Waals surface area contributed by atoms with Gasteiger partial charge in [0.15, 0.2) is 0 Å². The van der Waals surface area contributed by atoms with E-state index in [0.717, 1.165) is 22.5 Å². The fourth-order valence-electron chi connectivity index (χ4n) is 1.80. The fraction of sp³-hybridized carbons (Fsp3) is 0.429. The van der Waals surface area contributed by atoms with E-state index in [2.05, 4.69) is 36.1 Å². The monoisotopic (exact) mass is 260 g/mol. The van der Waals surface area contributed by atoms with Crippen LogP contribution < -0.4 is 11.1 Å². The summed E-state index contributed by atoms with van der Waals surface area (Å²) in [4.78, 5) is 19.3. The van der Waals surface area contributed by atoms with E-state index in [1.807, 2.05) is 18.2 Å². The minimum atomic E-state index is -0.0718. The van der Waals surface area contributed by atoms with Crippen molar-refractivity contribution in [2.75, 3.05) is 11.9 Å². The number of nitrogens with two attached hydrogens (primary N) is 1. The second-order valence-corrected chi connectivity index (χ2v) is 5.65. The summed E-state index contributed by atoms with van der Waals surface area (Å²) in [7, 11) is 0. The maximum Gasteiger partial charge on any atom is 0.225 e. The van der Waals surface area contributed by atoms with Crippen LogP contribution in [0.3, 0.4) is 0 Å². The molecule has 0 aliphatic rings. The number of anilines is 1. The first-order valence-electron chi connectivity index (χ1n) is 6.40. The zero-order chi connectivity index (χ0) is 14.0. The van der Waals surface area contributed by atoms with Crippen molar-refractivity contribution < 1.29 is 4.79 Å². The van der Waals surface area contributed by atoms with Crippen molar-refractivity contribution in [1.29, 1.82) is 0 Å². The molecule has 1 aromatic carbocycles. The number of nitrogens with zero attached hydrogens (tertiary/aromatic N) is 1. The van der Waals surface area contributed by atoms with E-state index < -0.39 is 0 Å². The van der Waals surface area contributed by atoms with E-state index in [-0.39, 0.29) is 11.3 Å². The molecule has 1 amide bonds. The molecule has 0 unspecified atom stereocenters. The number of benzene rings is 1. The van der Waals surface area contributed by atoms with Crippen molar-refractivity contribution in [3.8, 4) is 0 Å². The number of carbonyl (C=O) groups excluding carboxylic acids is 1. The summed E-state index contributed by atoms with van der Waals surface area (Å²) in [5, 5.41) is 2.82. The van der Waals surface area contributed by atoms with Crippen LogP contribution >= 0.6 is 0 Å². The predicted molar refractivity (Wildman–Crippen MR) is 77.1 cm³/mol. The van der Waals surface area contributed by atoms with Crippen molar-refractivity contribution in [1.82, 2.24) is 9.97 Å². The molecule has 2 aromatic rings. The van der Waals surface area contributed by atoms with Gasteiger partial charge in [-0.05, 0) is 18.2 Å². The molecule has 0 aliphatic heterocycles. The van der Waals surface area contributed by atoms with Crippen molar-refractivity contribution in [2.45, 2.75) is 32.6 Å². The summed E-state index contributed by atoms with van der Waals surface area (Å²) < 4.78 is 0. The summed E-state index contributed by atoms with van der Waals surface area (Å²) in [6, 6.07) is 5.65. The largest absolute Gasteiger partial charge is 0.341 e. The van der Waals surface area contributed by atoms with E-state index in [9.17, 15) is 4.79 Å². The predicted octanol–water partition coefficient (Wildman–Crippen LogP) is 2.15. The summed E-state index contributed by atoms with van der Waals surface area (Å²) in [6.07, 6.45) is 0.328. The Morgan fingerprint density at radius 3 is 2.79 bits per heavy atom. The Morgan fingerprint density at radius 1 is 1.42 bits per heavy atom. The van der Waals surface area contributed by atoms with Crippen molar-refractivity contribution in [3.63, 3.8) is 0 Å². The zero-order valence-electron chi connectivity index (χ0n) is 11.6. The molecular weight excluding hydrogens is 240 g/mol. The Bertz CT molecular complexity index is 595. The summed E-state index contributed by atoms with van der Waals surface area (Å²) in [5.74, 6) is 0.866. The number of fused-ring (bicyclic) bond motifs is 1. The molecule has 102 valence electrons. The highest BCUT2D eigenvalue weighted by Gasteiger charge is 2.18. The Kier molecular flexibility index (Phi) is 3.57. The first-order valence-corrected chi connectivity index (χ1v) is 6.40. The van der Waals surface area contributed by atoms with Gasteiger partial charge in [0.25, 0.3) is 0 Å². The summed E-state index contributed by atoms with van der Waals surface area (Å²) in [5.41, 5.74) is 7.91. The van der Waals surface area contributed by atoms with E-state index in [1.54, 1.807) is 0 Å². The smallest absolute Gasteiger partial charge is 0.225 e. The molecule has 0 aliphatic carbocycles.